The van der Waals surface area contributed by atoms with Crippen LogP contribution in [0.5, 0.6) is 0 Å². The Balaban J connectivity index is 1.27. The largest absolute Gasteiger partial charge is 0.349 e. The van der Waals surface area contributed by atoms with Crippen LogP contribution in [-0.2, 0) is 11.2 Å². The summed E-state index contributed by atoms with van der Waals surface area (Å²) in [7, 11) is 0. The molecular weight excluding hydrogens is 440 g/mol. The van der Waals surface area contributed by atoms with Gasteiger partial charge in [0.05, 0.1) is 18.2 Å². The number of urea groups is 2. The van der Waals surface area contributed by atoms with Crippen molar-refractivity contribution in [1.82, 2.24) is 15.6 Å². The molecule has 2 heterocycles. The quantitative estimate of drug-likeness (QED) is 0.426. The van der Waals surface area contributed by atoms with Crippen molar-refractivity contribution in [2.24, 2.45) is 0 Å². The predicted octanol–water partition coefficient (Wildman–Crippen LogP) is 3.74. The Labute approximate surface area is 195 Å². The molecule has 0 saturated carbocycles. The molecule has 1 saturated heterocycles. The lowest BCUT2D eigenvalue weighted by molar-refractivity contribution is -0.121. The van der Waals surface area contributed by atoms with Crippen LogP contribution in [0.4, 0.5) is 26.1 Å². The second kappa shape index (κ2) is 10.1. The Kier molecular flexibility index (Phi) is 6.84. The molecule has 10 heteroatoms. The summed E-state index contributed by atoms with van der Waals surface area (Å²) in [5.74, 6) is -0.158. The van der Waals surface area contributed by atoms with Crippen molar-refractivity contribution in [3.63, 3.8) is 0 Å². The van der Waals surface area contributed by atoms with Crippen molar-refractivity contribution in [2.45, 2.75) is 19.4 Å². The monoisotopic (exact) mass is 464 g/mol. The molecule has 33 heavy (non-hydrogen) atoms. The minimum Gasteiger partial charge on any atom is -0.349 e. The molecular formula is C23H24N6O3S. The van der Waals surface area contributed by atoms with Gasteiger partial charge in [-0.25, -0.2) is 14.6 Å². The number of anilines is 3. The highest BCUT2D eigenvalue weighted by molar-refractivity contribution is 7.14. The van der Waals surface area contributed by atoms with Crippen LogP contribution < -0.4 is 26.2 Å². The minimum absolute atomic E-state index is 0.135. The standard InChI is InChI=1S/C23H24N6O3S/c1-15(25-20(30)13-19-14-33-23(28-19)29-12-11-24-22(29)32)16-7-9-18(10-8-16)27-21(31)26-17-5-3-2-4-6-17/h2-10,14-15H,11-13H2,1H3,(H,24,32)(H,25,30)(H2,26,27,31). The van der Waals surface area contributed by atoms with Crippen LogP contribution in [-0.4, -0.2) is 36.0 Å². The van der Waals surface area contributed by atoms with Crippen LogP contribution in [0.3, 0.4) is 0 Å². The Morgan fingerprint density at radius 2 is 1.79 bits per heavy atom. The van der Waals surface area contributed by atoms with E-state index in [-0.39, 0.29) is 30.4 Å². The predicted molar refractivity (Wildman–Crippen MR) is 129 cm³/mol. The van der Waals surface area contributed by atoms with Crippen LogP contribution in [0.15, 0.2) is 60.0 Å². The van der Waals surface area contributed by atoms with E-state index < -0.39 is 0 Å². The van der Waals surface area contributed by atoms with Crippen molar-refractivity contribution in [3.8, 4) is 0 Å². The fourth-order valence-electron chi connectivity index (χ4n) is 3.37. The number of para-hydroxylation sites is 1. The minimum atomic E-state index is -0.329. The average molecular weight is 465 g/mol. The molecule has 1 fully saturated rings. The van der Waals surface area contributed by atoms with Gasteiger partial charge in [0.15, 0.2) is 5.13 Å². The molecule has 4 N–H and O–H groups in total. The number of hydrogen-bond acceptors (Lipinski definition) is 5. The molecule has 0 bridgehead atoms. The molecule has 1 aliphatic rings. The number of nitrogens with one attached hydrogen (secondary N) is 4. The zero-order chi connectivity index (χ0) is 23.2. The maximum atomic E-state index is 12.5. The highest BCUT2D eigenvalue weighted by Gasteiger charge is 2.24. The van der Waals surface area contributed by atoms with Crippen molar-refractivity contribution in [1.29, 1.82) is 0 Å². The molecule has 9 nitrogen and oxygen atoms in total. The highest BCUT2D eigenvalue weighted by atomic mass is 32.1. The molecule has 0 radical (unpaired) electrons. The number of amides is 5. The number of benzene rings is 2. The van der Waals surface area contributed by atoms with Gasteiger partial charge in [0.1, 0.15) is 0 Å². The third-order valence-corrected chi connectivity index (χ3v) is 5.96. The number of thiazole rings is 1. The van der Waals surface area contributed by atoms with E-state index >= 15 is 0 Å². The summed E-state index contributed by atoms with van der Waals surface area (Å²) in [6.45, 7) is 3.06. The summed E-state index contributed by atoms with van der Waals surface area (Å²) in [6.07, 6.45) is 0.135. The van der Waals surface area contributed by atoms with E-state index in [2.05, 4.69) is 26.3 Å². The van der Waals surface area contributed by atoms with Gasteiger partial charge >= 0.3 is 12.1 Å². The third-order valence-electron chi connectivity index (χ3n) is 5.05. The Hall–Kier alpha value is -3.92. The average Bonchev–Trinajstić information content (AvgIpc) is 3.43. The smallest absolute Gasteiger partial charge is 0.323 e. The zero-order valence-electron chi connectivity index (χ0n) is 18.0. The molecule has 1 aliphatic heterocycles. The van der Waals surface area contributed by atoms with Gasteiger partial charge in [-0.3, -0.25) is 9.69 Å². The van der Waals surface area contributed by atoms with E-state index in [0.717, 1.165) is 5.56 Å². The van der Waals surface area contributed by atoms with Crippen LogP contribution >= 0.6 is 11.3 Å². The summed E-state index contributed by atoms with van der Waals surface area (Å²) in [5, 5.41) is 13.6. The lowest BCUT2D eigenvalue weighted by Gasteiger charge is -2.15. The van der Waals surface area contributed by atoms with Gasteiger partial charge in [0.2, 0.25) is 5.91 Å². The first kappa shape index (κ1) is 22.3. The van der Waals surface area contributed by atoms with Crippen molar-refractivity contribution >= 4 is 45.8 Å². The van der Waals surface area contributed by atoms with Crippen LogP contribution in [0.2, 0.25) is 0 Å². The third kappa shape index (κ3) is 5.86. The van der Waals surface area contributed by atoms with E-state index in [1.165, 1.54) is 11.3 Å². The summed E-state index contributed by atoms with van der Waals surface area (Å²) in [6, 6.07) is 15.8. The molecule has 1 aromatic heterocycles. The van der Waals surface area contributed by atoms with Gasteiger partial charge in [-0.2, -0.15) is 0 Å². The SMILES string of the molecule is CC(NC(=O)Cc1csc(N2CCNC2=O)n1)c1ccc(NC(=O)Nc2ccccc2)cc1. The molecule has 0 aliphatic carbocycles. The highest BCUT2D eigenvalue weighted by Crippen LogP contribution is 2.22. The van der Waals surface area contributed by atoms with Gasteiger partial charge in [-0.05, 0) is 36.8 Å². The second-order valence-electron chi connectivity index (χ2n) is 7.54. The second-order valence-corrected chi connectivity index (χ2v) is 8.37. The number of rotatable bonds is 7. The zero-order valence-corrected chi connectivity index (χ0v) is 18.8. The van der Waals surface area contributed by atoms with Crippen molar-refractivity contribution < 1.29 is 14.4 Å². The number of carbonyl (C=O) groups excluding carboxylic acids is 3. The van der Waals surface area contributed by atoms with E-state index in [0.29, 0.717) is 35.3 Å². The maximum Gasteiger partial charge on any atom is 0.323 e. The normalized spacial score (nSPS) is 13.8. The maximum absolute atomic E-state index is 12.5. The van der Waals surface area contributed by atoms with Crippen molar-refractivity contribution in [3.05, 3.63) is 71.2 Å². The lowest BCUT2D eigenvalue weighted by Crippen LogP contribution is -2.29. The van der Waals surface area contributed by atoms with E-state index in [1.807, 2.05) is 49.4 Å². The Morgan fingerprint density at radius 1 is 1.09 bits per heavy atom. The topological polar surface area (TPSA) is 115 Å². The molecule has 0 spiro atoms. The van der Waals surface area contributed by atoms with Gasteiger partial charge < -0.3 is 21.3 Å². The fraction of sp³-hybridized carbons (Fsp3) is 0.217. The summed E-state index contributed by atoms with van der Waals surface area (Å²) in [4.78, 5) is 42.3. The van der Waals surface area contributed by atoms with Crippen molar-refractivity contribution in [2.75, 3.05) is 28.6 Å². The van der Waals surface area contributed by atoms with E-state index in [9.17, 15) is 14.4 Å². The first-order valence-electron chi connectivity index (χ1n) is 10.5. The molecule has 4 rings (SSSR count). The number of carbonyl (C=O) groups is 3. The van der Waals surface area contributed by atoms with Crippen LogP contribution in [0, 0.1) is 0 Å². The first-order valence-corrected chi connectivity index (χ1v) is 11.4. The molecule has 1 unspecified atom stereocenters. The van der Waals surface area contributed by atoms with Gasteiger partial charge in [0, 0.05) is 29.8 Å². The van der Waals surface area contributed by atoms with Gasteiger partial charge in [-0.1, -0.05) is 30.3 Å². The van der Waals surface area contributed by atoms with Gasteiger partial charge in [-0.15, -0.1) is 11.3 Å². The summed E-state index contributed by atoms with van der Waals surface area (Å²) >= 11 is 1.35. The number of nitrogens with zero attached hydrogens (tertiary/aromatic N) is 2. The molecule has 3 aromatic rings. The molecule has 2 aromatic carbocycles. The molecule has 1 atom stereocenters. The number of hydrogen-bond donors (Lipinski definition) is 4. The van der Waals surface area contributed by atoms with Gasteiger partial charge in [0.25, 0.3) is 0 Å². The number of aromatic nitrogens is 1. The lowest BCUT2D eigenvalue weighted by atomic mass is 10.1. The fourth-order valence-corrected chi connectivity index (χ4v) is 4.21. The summed E-state index contributed by atoms with van der Waals surface area (Å²) < 4.78 is 0. The van der Waals surface area contributed by atoms with Crippen LogP contribution in [0.25, 0.3) is 0 Å². The molecule has 5 amide bonds. The summed E-state index contributed by atoms with van der Waals surface area (Å²) in [5.41, 5.74) is 2.89. The molecule has 170 valence electrons. The Bertz CT molecular complexity index is 1130. The van der Waals surface area contributed by atoms with E-state index in [1.54, 1.807) is 22.4 Å². The Morgan fingerprint density at radius 3 is 2.45 bits per heavy atom. The van der Waals surface area contributed by atoms with Crippen LogP contribution in [0.1, 0.15) is 24.2 Å². The first-order chi connectivity index (χ1) is 16.0. The van der Waals surface area contributed by atoms with E-state index in [4.69, 9.17) is 0 Å².